The molecule has 1 fully saturated rings. The fourth-order valence-electron chi connectivity index (χ4n) is 2.76. The van der Waals surface area contributed by atoms with Gasteiger partial charge >= 0.3 is 0 Å². The zero-order valence-corrected chi connectivity index (χ0v) is 20.2. The second kappa shape index (κ2) is 11.0. The van der Waals surface area contributed by atoms with Gasteiger partial charge in [-0.25, -0.2) is 18.7 Å². The molecule has 0 radical (unpaired) electrons. The highest BCUT2D eigenvalue weighted by Crippen LogP contribution is 2.38. The average molecular weight is 571 g/mol. The van der Waals surface area contributed by atoms with E-state index in [1.54, 1.807) is 17.8 Å². The molecule has 1 saturated heterocycles. The molecule has 1 aromatic carbocycles. The molecule has 1 aliphatic heterocycles. The monoisotopic (exact) mass is 570 g/mol. The predicted molar refractivity (Wildman–Crippen MR) is 127 cm³/mol. The molecule has 0 spiro atoms. The summed E-state index contributed by atoms with van der Waals surface area (Å²) in [6.45, 7) is 2.00. The van der Waals surface area contributed by atoms with Crippen LogP contribution in [0, 0.1) is 0 Å². The van der Waals surface area contributed by atoms with Crippen LogP contribution < -0.4 is 5.32 Å². The molecule has 2 aromatic heterocycles. The highest BCUT2D eigenvalue weighted by Gasteiger charge is 2.22. The van der Waals surface area contributed by atoms with Crippen molar-refractivity contribution in [3.8, 4) is 0 Å². The third-order valence-corrected chi connectivity index (χ3v) is 7.14. The second-order valence-electron chi connectivity index (χ2n) is 6.00. The Morgan fingerprint density at radius 2 is 1.97 bits per heavy atom. The van der Waals surface area contributed by atoms with Crippen LogP contribution in [0.4, 0.5) is 20.2 Å². The van der Waals surface area contributed by atoms with Crippen molar-refractivity contribution in [1.29, 1.82) is 0 Å². The summed E-state index contributed by atoms with van der Waals surface area (Å²) in [7, 11) is 0. The largest absolute Gasteiger partial charge is 0.381 e. The lowest BCUT2D eigenvalue weighted by Gasteiger charge is -2.11. The second-order valence-corrected chi connectivity index (χ2v) is 9.30. The number of thioether (sulfide) groups is 1. The van der Waals surface area contributed by atoms with Crippen molar-refractivity contribution in [2.75, 3.05) is 24.8 Å². The van der Waals surface area contributed by atoms with Crippen LogP contribution in [0.15, 0.2) is 35.2 Å². The smallest absolute Gasteiger partial charge is 0.295 e. The van der Waals surface area contributed by atoms with E-state index < -0.39 is 6.43 Å². The number of alkyl halides is 2. The van der Waals surface area contributed by atoms with Gasteiger partial charge in [0.1, 0.15) is 10.7 Å². The number of hydrogen-bond donors (Lipinski definition) is 1. The number of nitrogens with zero attached hydrogens (tertiary/aromatic N) is 3. The number of rotatable bonds is 5. The maximum Gasteiger partial charge on any atom is 0.295 e. The molecule has 29 heavy (non-hydrogen) atoms. The summed E-state index contributed by atoms with van der Waals surface area (Å²) in [4.78, 5) is 9.31. The third kappa shape index (κ3) is 5.70. The van der Waals surface area contributed by atoms with E-state index in [1.165, 1.54) is 17.2 Å². The molecule has 1 unspecified atom stereocenters. The van der Waals surface area contributed by atoms with Gasteiger partial charge in [-0.15, -0.1) is 11.8 Å². The number of anilines is 2. The quantitative estimate of drug-likeness (QED) is 0.154. The molecule has 0 aliphatic carbocycles. The number of nitrogens with one attached hydrogen (secondary N) is 1. The molecular weight excluding hydrogens is 552 g/mol. The number of halogens is 4. The van der Waals surface area contributed by atoms with E-state index in [4.69, 9.17) is 16.3 Å². The van der Waals surface area contributed by atoms with E-state index in [-0.39, 0.29) is 17.4 Å². The van der Waals surface area contributed by atoms with Crippen molar-refractivity contribution < 1.29 is 13.5 Å². The minimum atomic E-state index is -2.67. The van der Waals surface area contributed by atoms with Crippen LogP contribution >= 0.6 is 51.8 Å². The molecule has 1 N–H and O–H groups in total. The van der Waals surface area contributed by atoms with E-state index >= 15 is 0 Å². The lowest BCUT2D eigenvalue weighted by atomic mass is 10.3. The molecule has 156 valence electrons. The summed E-state index contributed by atoms with van der Waals surface area (Å²) in [6, 6.07) is 9.33. The topological polar surface area (TPSA) is 52.0 Å². The first-order valence-electron chi connectivity index (χ1n) is 8.76. The SMILES string of the molecule is C1CCOC1.CSc1ccccc1Nc1cc(Cl)nc2c1nc(C(F)F)n2PI. The zero-order valence-electron chi connectivity index (χ0n) is 15.5. The van der Waals surface area contributed by atoms with Gasteiger partial charge in [0.25, 0.3) is 6.43 Å². The summed E-state index contributed by atoms with van der Waals surface area (Å²) in [5.41, 5.74) is 2.16. The molecule has 5 nitrogen and oxygen atoms in total. The van der Waals surface area contributed by atoms with Gasteiger partial charge in [-0.3, -0.25) is 4.34 Å². The van der Waals surface area contributed by atoms with Crippen LogP contribution in [0.2, 0.25) is 5.15 Å². The Balaban J connectivity index is 0.000000419. The van der Waals surface area contributed by atoms with Gasteiger partial charge in [0.2, 0.25) is 0 Å². The van der Waals surface area contributed by atoms with Crippen LogP contribution in [0.25, 0.3) is 11.2 Å². The molecule has 0 bridgehead atoms. The minimum absolute atomic E-state index is 0.0494. The summed E-state index contributed by atoms with van der Waals surface area (Å²) in [5.74, 6) is -0.297. The van der Waals surface area contributed by atoms with Crippen molar-refractivity contribution in [1.82, 2.24) is 14.3 Å². The zero-order chi connectivity index (χ0) is 20.8. The molecule has 1 aliphatic rings. The Morgan fingerprint density at radius 1 is 1.24 bits per heavy atom. The molecule has 0 amide bonds. The maximum atomic E-state index is 13.3. The number of ether oxygens (including phenoxy) is 1. The van der Waals surface area contributed by atoms with Crippen molar-refractivity contribution in [3.05, 3.63) is 41.3 Å². The molecule has 4 rings (SSSR count). The summed E-state index contributed by atoms with van der Waals surface area (Å²) in [6.07, 6.45) is 1.90. The van der Waals surface area contributed by atoms with E-state index in [2.05, 4.69) is 15.3 Å². The highest BCUT2D eigenvalue weighted by molar-refractivity contribution is 14.2. The fourth-order valence-corrected chi connectivity index (χ4v) is 5.40. The van der Waals surface area contributed by atoms with Crippen LogP contribution in [-0.2, 0) is 4.74 Å². The first kappa shape index (κ1) is 22.9. The van der Waals surface area contributed by atoms with Gasteiger partial charge in [0, 0.05) is 24.2 Å². The van der Waals surface area contributed by atoms with Crippen molar-refractivity contribution in [3.63, 3.8) is 0 Å². The van der Waals surface area contributed by atoms with Gasteiger partial charge in [-0.2, -0.15) is 0 Å². The number of para-hydroxylation sites is 1. The summed E-state index contributed by atoms with van der Waals surface area (Å²) in [5, 5.41) is 3.47. The van der Waals surface area contributed by atoms with E-state index in [0.717, 1.165) is 23.8 Å². The van der Waals surface area contributed by atoms with E-state index in [9.17, 15) is 8.78 Å². The predicted octanol–water partition coefficient (Wildman–Crippen LogP) is 7.08. The summed E-state index contributed by atoms with van der Waals surface area (Å²) < 4.78 is 32.9. The van der Waals surface area contributed by atoms with Gasteiger partial charge < -0.3 is 10.1 Å². The minimum Gasteiger partial charge on any atom is -0.381 e. The number of hydrogen-bond acceptors (Lipinski definition) is 5. The van der Waals surface area contributed by atoms with Gasteiger partial charge in [0.05, 0.1) is 17.7 Å². The third-order valence-electron chi connectivity index (χ3n) is 4.09. The normalized spacial score (nSPS) is 14.0. The van der Waals surface area contributed by atoms with Crippen LogP contribution in [-0.4, -0.2) is 33.8 Å². The van der Waals surface area contributed by atoms with Crippen molar-refractivity contribution >= 4 is 74.3 Å². The van der Waals surface area contributed by atoms with Crippen LogP contribution in [0.5, 0.6) is 0 Å². The number of pyridine rings is 1. The Labute approximate surface area is 191 Å². The van der Waals surface area contributed by atoms with Gasteiger partial charge in [-0.05, 0) is 53.3 Å². The Bertz CT molecular complexity index is 967. The van der Waals surface area contributed by atoms with Crippen LogP contribution in [0.1, 0.15) is 25.1 Å². The highest BCUT2D eigenvalue weighted by atomic mass is 127. The lowest BCUT2D eigenvalue weighted by molar-refractivity contribution is 0.140. The van der Waals surface area contributed by atoms with E-state index in [0.29, 0.717) is 16.9 Å². The molecular formula is C18H19ClF2IN4OPS. The number of aromatic nitrogens is 3. The number of fused-ring (bicyclic) bond motifs is 1. The number of benzene rings is 1. The first-order valence-corrected chi connectivity index (χ1v) is 14.4. The first-order chi connectivity index (χ1) is 14.0. The van der Waals surface area contributed by atoms with Gasteiger partial charge in [-0.1, -0.05) is 23.7 Å². The maximum absolute atomic E-state index is 13.3. The van der Waals surface area contributed by atoms with Crippen LogP contribution in [0.3, 0.4) is 0 Å². The lowest BCUT2D eigenvalue weighted by Crippen LogP contribution is -1.95. The molecule has 3 heterocycles. The Hall–Kier alpha value is -0.740. The Morgan fingerprint density at radius 3 is 2.55 bits per heavy atom. The molecule has 0 saturated carbocycles. The molecule has 1 atom stereocenters. The summed E-state index contributed by atoms with van der Waals surface area (Å²) >= 11 is 9.71. The number of imidazole rings is 1. The standard InChI is InChI=1S/C14H11ClF2IN4PS.C4H8O/c1-24-9-5-3-2-4-7(9)19-8-6-10(15)20-13-11(8)21-14(12(16)17)22(13)23-18;1-2-4-5-3-1/h2-6,12,23H,1H3,(H,19,20);1-4H2. The Kier molecular flexibility index (Phi) is 8.73. The average Bonchev–Trinajstić information content (AvgIpc) is 3.39. The molecule has 11 heteroatoms. The van der Waals surface area contributed by atoms with Gasteiger partial charge in [0.15, 0.2) is 11.5 Å². The van der Waals surface area contributed by atoms with E-state index in [1.807, 2.05) is 52.6 Å². The molecule has 3 aromatic rings. The van der Waals surface area contributed by atoms with Crippen molar-refractivity contribution in [2.45, 2.75) is 24.2 Å². The van der Waals surface area contributed by atoms with Crippen molar-refractivity contribution in [2.24, 2.45) is 0 Å². The fraction of sp³-hybridized carbons (Fsp3) is 0.333.